The lowest BCUT2D eigenvalue weighted by atomic mass is 10.1. The summed E-state index contributed by atoms with van der Waals surface area (Å²) in [5.74, 6) is -0.668. The molecule has 0 radical (unpaired) electrons. The lowest BCUT2D eigenvalue weighted by molar-refractivity contribution is -0.121. The Hall–Kier alpha value is -3.02. The number of rotatable bonds is 5. The van der Waals surface area contributed by atoms with E-state index in [-0.39, 0.29) is 17.9 Å². The molecule has 6 heteroatoms. The maximum atomic E-state index is 13.8. The van der Waals surface area contributed by atoms with E-state index in [4.69, 9.17) is 4.42 Å². The van der Waals surface area contributed by atoms with Crippen LogP contribution in [0.4, 0.5) is 8.78 Å². The van der Waals surface area contributed by atoms with Crippen molar-refractivity contribution in [3.05, 3.63) is 77.2 Å². The van der Waals surface area contributed by atoms with Crippen LogP contribution >= 0.6 is 0 Å². The highest BCUT2D eigenvalue weighted by Crippen LogP contribution is 2.22. The molecule has 0 aliphatic rings. The molecule has 26 heavy (non-hydrogen) atoms. The topological polar surface area (TPSA) is 55.1 Å². The highest BCUT2D eigenvalue weighted by atomic mass is 19.1. The Bertz CT molecular complexity index is 923. The van der Waals surface area contributed by atoms with E-state index in [0.29, 0.717) is 17.3 Å². The molecular weight excluding hydrogens is 338 g/mol. The number of carbonyl (C=O) groups excluding carboxylic acids is 1. The number of aryl methyl sites for hydroxylation is 1. The third kappa shape index (κ3) is 3.96. The summed E-state index contributed by atoms with van der Waals surface area (Å²) in [5, 5.41) is 2.70. The Balaban J connectivity index is 1.69. The van der Waals surface area contributed by atoms with Gasteiger partial charge in [-0.1, -0.05) is 24.3 Å². The van der Waals surface area contributed by atoms with Crippen LogP contribution in [0.5, 0.6) is 0 Å². The maximum Gasteiger partial charge on any atom is 0.226 e. The Labute approximate surface area is 149 Å². The van der Waals surface area contributed by atoms with E-state index in [2.05, 4.69) is 10.3 Å². The van der Waals surface area contributed by atoms with Crippen LogP contribution in [0.3, 0.4) is 0 Å². The number of benzene rings is 2. The van der Waals surface area contributed by atoms with Gasteiger partial charge in [0.25, 0.3) is 0 Å². The average molecular weight is 356 g/mol. The molecule has 1 heterocycles. The van der Waals surface area contributed by atoms with Crippen molar-refractivity contribution in [1.82, 2.24) is 10.3 Å². The number of nitrogens with zero attached hydrogens (tertiary/aromatic N) is 1. The molecular formula is C20H18F2N2O2. The number of carbonyl (C=O) groups is 1. The first kappa shape index (κ1) is 17.8. The minimum absolute atomic E-state index is 0.00925. The van der Waals surface area contributed by atoms with Gasteiger partial charge < -0.3 is 9.73 Å². The van der Waals surface area contributed by atoms with Crippen molar-refractivity contribution in [3.8, 4) is 11.5 Å². The van der Waals surface area contributed by atoms with Crippen LogP contribution in [-0.2, 0) is 11.2 Å². The van der Waals surface area contributed by atoms with Crippen LogP contribution in [-0.4, -0.2) is 10.9 Å². The van der Waals surface area contributed by atoms with Crippen molar-refractivity contribution >= 4 is 5.91 Å². The van der Waals surface area contributed by atoms with Gasteiger partial charge in [-0.25, -0.2) is 13.8 Å². The first-order valence-corrected chi connectivity index (χ1v) is 8.20. The second-order valence-electron chi connectivity index (χ2n) is 6.02. The van der Waals surface area contributed by atoms with E-state index < -0.39 is 17.7 Å². The molecule has 0 saturated carbocycles. The van der Waals surface area contributed by atoms with Crippen LogP contribution in [0, 0.1) is 18.6 Å². The highest BCUT2D eigenvalue weighted by molar-refractivity contribution is 5.79. The predicted molar refractivity (Wildman–Crippen MR) is 93.3 cm³/mol. The molecule has 0 saturated heterocycles. The summed E-state index contributed by atoms with van der Waals surface area (Å²) >= 11 is 0. The van der Waals surface area contributed by atoms with Gasteiger partial charge >= 0.3 is 0 Å². The largest absolute Gasteiger partial charge is 0.441 e. The monoisotopic (exact) mass is 356 g/mol. The molecule has 0 aliphatic carbocycles. The number of aromatic nitrogens is 1. The molecule has 1 amide bonds. The molecule has 0 bridgehead atoms. The van der Waals surface area contributed by atoms with Crippen molar-refractivity contribution in [2.75, 3.05) is 0 Å². The van der Waals surface area contributed by atoms with Gasteiger partial charge in [-0.3, -0.25) is 4.79 Å². The third-order valence-electron chi connectivity index (χ3n) is 4.05. The molecule has 3 aromatic rings. The number of amides is 1. The average Bonchev–Trinajstić information content (AvgIpc) is 2.96. The van der Waals surface area contributed by atoms with Crippen LogP contribution in [0.1, 0.15) is 30.0 Å². The summed E-state index contributed by atoms with van der Waals surface area (Å²) in [6.45, 7) is 3.38. The van der Waals surface area contributed by atoms with Crippen molar-refractivity contribution in [1.29, 1.82) is 0 Å². The molecule has 0 fully saturated rings. The molecule has 1 N–H and O–H groups in total. The smallest absolute Gasteiger partial charge is 0.226 e. The van der Waals surface area contributed by atoms with E-state index >= 15 is 0 Å². The zero-order valence-electron chi connectivity index (χ0n) is 14.4. The predicted octanol–water partition coefficient (Wildman–Crippen LogP) is 4.35. The van der Waals surface area contributed by atoms with Gasteiger partial charge in [-0.2, -0.15) is 0 Å². The van der Waals surface area contributed by atoms with E-state index in [1.165, 1.54) is 6.07 Å². The minimum atomic E-state index is -0.693. The molecule has 3 rings (SSSR count). The Morgan fingerprint density at radius 2 is 1.92 bits per heavy atom. The number of nitrogens with one attached hydrogen (secondary N) is 1. The maximum absolute atomic E-state index is 13.8. The van der Waals surface area contributed by atoms with E-state index in [1.807, 2.05) is 30.3 Å². The fraction of sp³-hybridized carbons (Fsp3) is 0.200. The van der Waals surface area contributed by atoms with Crippen LogP contribution in [0.2, 0.25) is 0 Å². The fourth-order valence-electron chi connectivity index (χ4n) is 2.67. The zero-order valence-corrected chi connectivity index (χ0v) is 14.4. The minimum Gasteiger partial charge on any atom is -0.441 e. The summed E-state index contributed by atoms with van der Waals surface area (Å²) in [4.78, 5) is 16.7. The van der Waals surface area contributed by atoms with Gasteiger partial charge in [0.15, 0.2) is 0 Å². The Morgan fingerprint density at radius 3 is 2.62 bits per heavy atom. The van der Waals surface area contributed by atoms with Crippen LogP contribution in [0.25, 0.3) is 11.5 Å². The van der Waals surface area contributed by atoms with E-state index in [0.717, 1.165) is 17.7 Å². The van der Waals surface area contributed by atoms with Gasteiger partial charge in [0.05, 0.1) is 18.2 Å². The van der Waals surface area contributed by atoms with Crippen molar-refractivity contribution < 1.29 is 18.0 Å². The zero-order chi connectivity index (χ0) is 18.7. The second-order valence-corrected chi connectivity index (χ2v) is 6.02. The fourth-order valence-corrected chi connectivity index (χ4v) is 2.67. The van der Waals surface area contributed by atoms with Crippen molar-refractivity contribution in [2.24, 2.45) is 0 Å². The molecule has 2 aromatic carbocycles. The Kier molecular flexibility index (Phi) is 5.11. The van der Waals surface area contributed by atoms with E-state index in [1.54, 1.807) is 13.8 Å². The van der Waals surface area contributed by atoms with Crippen LogP contribution < -0.4 is 5.32 Å². The number of hydrogen-bond acceptors (Lipinski definition) is 3. The molecule has 1 atom stereocenters. The van der Waals surface area contributed by atoms with Gasteiger partial charge in [-0.05, 0) is 32.0 Å². The van der Waals surface area contributed by atoms with Gasteiger partial charge in [0, 0.05) is 17.2 Å². The summed E-state index contributed by atoms with van der Waals surface area (Å²) in [7, 11) is 0. The molecule has 1 aromatic heterocycles. The van der Waals surface area contributed by atoms with Crippen molar-refractivity contribution in [2.45, 2.75) is 26.3 Å². The molecule has 4 nitrogen and oxygen atoms in total. The number of hydrogen-bond donors (Lipinski definition) is 1. The molecule has 0 aliphatic heterocycles. The van der Waals surface area contributed by atoms with Gasteiger partial charge in [0.2, 0.25) is 11.8 Å². The molecule has 0 spiro atoms. The van der Waals surface area contributed by atoms with Crippen molar-refractivity contribution in [3.63, 3.8) is 0 Å². The van der Waals surface area contributed by atoms with Crippen LogP contribution in [0.15, 0.2) is 52.9 Å². The summed E-state index contributed by atoms with van der Waals surface area (Å²) in [5.41, 5.74) is 1.57. The molecule has 1 unspecified atom stereocenters. The molecule has 134 valence electrons. The second kappa shape index (κ2) is 7.47. The highest BCUT2D eigenvalue weighted by Gasteiger charge is 2.18. The first-order valence-electron chi connectivity index (χ1n) is 8.20. The summed E-state index contributed by atoms with van der Waals surface area (Å²) in [6.07, 6.45) is 0.00925. The Morgan fingerprint density at radius 1 is 1.19 bits per heavy atom. The first-order chi connectivity index (χ1) is 12.4. The summed E-state index contributed by atoms with van der Waals surface area (Å²) in [6, 6.07) is 12.1. The number of oxazole rings is 1. The quantitative estimate of drug-likeness (QED) is 0.739. The van der Waals surface area contributed by atoms with Gasteiger partial charge in [-0.15, -0.1) is 0 Å². The van der Waals surface area contributed by atoms with E-state index in [9.17, 15) is 13.6 Å². The lowest BCUT2D eigenvalue weighted by Gasteiger charge is -2.14. The lowest BCUT2D eigenvalue weighted by Crippen LogP contribution is -2.29. The SMILES string of the molecule is Cc1oc(-c2ccccc2)nc1CC(=O)NC(C)c1ccc(F)cc1F. The van der Waals surface area contributed by atoms with Gasteiger partial charge in [0.1, 0.15) is 17.4 Å². The summed E-state index contributed by atoms with van der Waals surface area (Å²) < 4.78 is 32.4. The normalized spacial score (nSPS) is 12.0. The standard InChI is InChI=1S/C20H18F2N2O2/c1-12(16-9-8-15(21)10-17(16)22)23-19(25)11-18-13(2)26-20(24-18)14-6-4-3-5-7-14/h3-10,12H,11H2,1-2H3,(H,23,25). The number of halogens is 2. The third-order valence-corrected chi connectivity index (χ3v) is 4.05.